The van der Waals surface area contributed by atoms with E-state index in [0.717, 1.165) is 39.6 Å². The molecule has 0 atom stereocenters. The first-order chi connectivity index (χ1) is 13.0. The first-order valence-corrected chi connectivity index (χ1v) is 9.10. The lowest BCUT2D eigenvalue weighted by Gasteiger charge is -2.06. The molecule has 0 aliphatic heterocycles. The van der Waals surface area contributed by atoms with E-state index >= 15 is 0 Å². The minimum absolute atomic E-state index is 0.0251. The van der Waals surface area contributed by atoms with Gasteiger partial charge in [-0.2, -0.15) is 0 Å². The minimum Gasteiger partial charge on any atom is -0.351 e. The third kappa shape index (κ3) is 3.48. The largest absolute Gasteiger partial charge is 0.351 e. The molecule has 2 aromatic carbocycles. The Morgan fingerprint density at radius 1 is 1.19 bits per heavy atom. The second-order valence-corrected chi connectivity index (χ2v) is 7.00. The second-order valence-electron chi connectivity index (χ2n) is 6.04. The summed E-state index contributed by atoms with van der Waals surface area (Å²) < 4.78 is 26.6. The number of anilines is 1. The van der Waals surface area contributed by atoms with Gasteiger partial charge in [-0.1, -0.05) is 23.4 Å². The zero-order valence-electron chi connectivity index (χ0n) is 14.2. The first kappa shape index (κ1) is 17.4. The molecule has 0 bridgehead atoms. The number of aromatic nitrogens is 3. The SMILES string of the molecule is Cc1ccc2[nH]c3c(SCC(=O)Nc4ccc(F)cc4F)ncnc3c2c1. The van der Waals surface area contributed by atoms with Crippen molar-refractivity contribution in [3.8, 4) is 0 Å². The molecule has 136 valence electrons. The van der Waals surface area contributed by atoms with E-state index in [0.29, 0.717) is 5.03 Å². The number of nitrogens with one attached hydrogen (secondary N) is 2. The van der Waals surface area contributed by atoms with Gasteiger partial charge in [0.05, 0.1) is 17.0 Å². The van der Waals surface area contributed by atoms with E-state index in [1.807, 2.05) is 25.1 Å². The number of H-pyrrole nitrogens is 1. The van der Waals surface area contributed by atoms with Gasteiger partial charge in [-0.3, -0.25) is 4.79 Å². The zero-order chi connectivity index (χ0) is 19.0. The van der Waals surface area contributed by atoms with Gasteiger partial charge in [0.2, 0.25) is 5.91 Å². The Morgan fingerprint density at radius 3 is 2.85 bits per heavy atom. The first-order valence-electron chi connectivity index (χ1n) is 8.12. The zero-order valence-corrected chi connectivity index (χ0v) is 15.0. The summed E-state index contributed by atoms with van der Waals surface area (Å²) in [4.78, 5) is 24.0. The maximum atomic E-state index is 13.6. The molecule has 2 heterocycles. The molecule has 4 rings (SSSR count). The lowest BCUT2D eigenvalue weighted by Crippen LogP contribution is -2.15. The molecule has 2 aromatic heterocycles. The van der Waals surface area contributed by atoms with Crippen LogP contribution >= 0.6 is 11.8 Å². The van der Waals surface area contributed by atoms with Gasteiger partial charge in [0, 0.05) is 17.0 Å². The Labute approximate surface area is 157 Å². The van der Waals surface area contributed by atoms with E-state index in [-0.39, 0.29) is 11.4 Å². The molecule has 0 aliphatic rings. The fourth-order valence-corrected chi connectivity index (χ4v) is 3.56. The highest BCUT2D eigenvalue weighted by Crippen LogP contribution is 2.30. The van der Waals surface area contributed by atoms with E-state index in [4.69, 9.17) is 0 Å². The van der Waals surface area contributed by atoms with Crippen molar-refractivity contribution in [3.05, 3.63) is 59.9 Å². The Morgan fingerprint density at radius 2 is 2.04 bits per heavy atom. The average Bonchev–Trinajstić information content (AvgIpc) is 3.01. The number of halogens is 2. The third-order valence-electron chi connectivity index (χ3n) is 4.05. The van der Waals surface area contributed by atoms with Gasteiger partial charge in [-0.25, -0.2) is 18.7 Å². The van der Waals surface area contributed by atoms with Crippen molar-refractivity contribution in [1.29, 1.82) is 0 Å². The van der Waals surface area contributed by atoms with Crippen LogP contribution in [0.4, 0.5) is 14.5 Å². The van der Waals surface area contributed by atoms with E-state index in [9.17, 15) is 13.6 Å². The summed E-state index contributed by atoms with van der Waals surface area (Å²) >= 11 is 1.21. The van der Waals surface area contributed by atoms with Crippen molar-refractivity contribution >= 4 is 45.3 Å². The maximum Gasteiger partial charge on any atom is 0.234 e. The standard InChI is InChI=1S/C19H14F2N4OS/c1-10-2-4-14-12(6-10)17-18(25-14)19(23-9-22-17)27-8-16(26)24-15-5-3-11(20)7-13(15)21/h2-7,9,25H,8H2,1H3,(H,24,26). The van der Waals surface area contributed by atoms with Gasteiger partial charge in [-0.05, 0) is 31.2 Å². The summed E-state index contributed by atoms with van der Waals surface area (Å²) in [5, 5.41) is 4.06. The van der Waals surface area contributed by atoms with Crippen molar-refractivity contribution in [2.24, 2.45) is 0 Å². The Hall–Kier alpha value is -3.00. The summed E-state index contributed by atoms with van der Waals surface area (Å²) in [6.07, 6.45) is 1.46. The van der Waals surface area contributed by atoms with Crippen LogP contribution in [0.15, 0.2) is 47.8 Å². The lowest BCUT2D eigenvalue weighted by atomic mass is 10.2. The summed E-state index contributed by atoms with van der Waals surface area (Å²) in [6, 6.07) is 9.03. The number of benzene rings is 2. The maximum absolute atomic E-state index is 13.6. The lowest BCUT2D eigenvalue weighted by molar-refractivity contribution is -0.113. The van der Waals surface area contributed by atoms with Gasteiger partial charge in [0.1, 0.15) is 28.5 Å². The van der Waals surface area contributed by atoms with Gasteiger partial charge < -0.3 is 10.3 Å². The third-order valence-corrected chi connectivity index (χ3v) is 5.04. The predicted molar refractivity (Wildman–Crippen MR) is 102 cm³/mol. The van der Waals surface area contributed by atoms with E-state index in [1.165, 1.54) is 24.2 Å². The molecule has 0 saturated heterocycles. The highest BCUT2D eigenvalue weighted by atomic mass is 32.2. The molecule has 2 N–H and O–H groups in total. The number of hydrogen-bond acceptors (Lipinski definition) is 4. The molecule has 0 spiro atoms. The molecule has 0 radical (unpaired) electrons. The fourth-order valence-electron chi connectivity index (χ4n) is 2.80. The van der Waals surface area contributed by atoms with E-state index in [2.05, 4.69) is 20.3 Å². The molecular weight excluding hydrogens is 370 g/mol. The summed E-state index contributed by atoms with van der Waals surface area (Å²) in [5.74, 6) is -1.90. The van der Waals surface area contributed by atoms with Crippen LogP contribution in [0, 0.1) is 18.6 Å². The monoisotopic (exact) mass is 384 g/mol. The van der Waals surface area contributed by atoms with Crippen LogP contribution in [-0.4, -0.2) is 26.6 Å². The number of carbonyl (C=O) groups is 1. The number of aryl methyl sites for hydroxylation is 1. The van der Waals surface area contributed by atoms with Crippen molar-refractivity contribution in [2.45, 2.75) is 11.9 Å². The summed E-state index contributed by atoms with van der Waals surface area (Å²) in [7, 11) is 0. The van der Waals surface area contributed by atoms with E-state index in [1.54, 1.807) is 0 Å². The van der Waals surface area contributed by atoms with Crippen molar-refractivity contribution in [2.75, 3.05) is 11.1 Å². The number of nitrogens with zero attached hydrogens (tertiary/aromatic N) is 2. The van der Waals surface area contributed by atoms with Crippen LogP contribution < -0.4 is 5.32 Å². The highest BCUT2D eigenvalue weighted by Gasteiger charge is 2.14. The van der Waals surface area contributed by atoms with Gasteiger partial charge in [0.25, 0.3) is 0 Å². The van der Waals surface area contributed by atoms with Crippen LogP contribution in [0.5, 0.6) is 0 Å². The molecule has 5 nitrogen and oxygen atoms in total. The smallest absolute Gasteiger partial charge is 0.234 e. The molecular formula is C19H14F2N4OS. The van der Waals surface area contributed by atoms with Crippen molar-refractivity contribution < 1.29 is 13.6 Å². The van der Waals surface area contributed by atoms with Crippen molar-refractivity contribution in [1.82, 2.24) is 15.0 Å². The summed E-state index contributed by atoms with van der Waals surface area (Å²) in [5.41, 5.74) is 3.55. The predicted octanol–water partition coefficient (Wildman–Crippen LogP) is 4.43. The molecule has 0 unspecified atom stereocenters. The molecule has 8 heteroatoms. The molecule has 27 heavy (non-hydrogen) atoms. The second kappa shape index (κ2) is 6.96. The summed E-state index contributed by atoms with van der Waals surface area (Å²) in [6.45, 7) is 2.01. The van der Waals surface area contributed by atoms with Crippen LogP contribution in [-0.2, 0) is 4.79 Å². The molecule has 4 aromatic rings. The van der Waals surface area contributed by atoms with Gasteiger partial charge in [0.15, 0.2) is 0 Å². The number of hydrogen-bond donors (Lipinski definition) is 2. The number of amides is 1. The van der Waals surface area contributed by atoms with Crippen LogP contribution in [0.3, 0.4) is 0 Å². The quantitative estimate of drug-likeness (QED) is 0.403. The molecule has 0 saturated carbocycles. The van der Waals surface area contributed by atoms with Gasteiger partial charge >= 0.3 is 0 Å². The number of thioether (sulfide) groups is 1. The van der Waals surface area contributed by atoms with Gasteiger partial charge in [-0.15, -0.1) is 0 Å². The van der Waals surface area contributed by atoms with Crippen LogP contribution in [0.1, 0.15) is 5.56 Å². The number of aromatic amines is 1. The van der Waals surface area contributed by atoms with Crippen LogP contribution in [0.2, 0.25) is 0 Å². The number of fused-ring (bicyclic) bond motifs is 3. The molecule has 0 aliphatic carbocycles. The fraction of sp³-hybridized carbons (Fsp3) is 0.105. The Kier molecular flexibility index (Phi) is 4.49. The number of carbonyl (C=O) groups excluding carboxylic acids is 1. The normalized spacial score (nSPS) is 11.2. The highest BCUT2D eigenvalue weighted by molar-refractivity contribution is 8.00. The van der Waals surface area contributed by atoms with Crippen LogP contribution in [0.25, 0.3) is 21.9 Å². The Bertz CT molecular complexity index is 1180. The Balaban J connectivity index is 1.55. The average molecular weight is 384 g/mol. The molecule has 1 amide bonds. The topological polar surface area (TPSA) is 70.7 Å². The molecule has 0 fully saturated rings. The number of rotatable bonds is 4. The minimum atomic E-state index is -0.816. The van der Waals surface area contributed by atoms with E-state index < -0.39 is 17.5 Å². The van der Waals surface area contributed by atoms with Crippen molar-refractivity contribution in [3.63, 3.8) is 0 Å².